The van der Waals surface area contributed by atoms with Gasteiger partial charge >= 0.3 is 0 Å². The molecule has 1 aromatic rings. The van der Waals surface area contributed by atoms with Crippen molar-refractivity contribution >= 4 is 11.4 Å². The van der Waals surface area contributed by atoms with Crippen molar-refractivity contribution in [3.05, 3.63) is 33.6 Å². The van der Waals surface area contributed by atoms with Crippen molar-refractivity contribution in [2.24, 2.45) is 11.7 Å². The molecule has 2 N–H and O–H groups in total. The summed E-state index contributed by atoms with van der Waals surface area (Å²) in [5, 5.41) is 11.2. The van der Waals surface area contributed by atoms with Gasteiger partial charge in [0.05, 0.1) is 11.0 Å². The molecule has 2 unspecified atom stereocenters. The molecule has 1 fully saturated rings. The van der Waals surface area contributed by atoms with Crippen molar-refractivity contribution in [2.45, 2.75) is 32.7 Å². The Hall–Kier alpha value is -1.69. The molecule has 1 aliphatic rings. The maximum Gasteiger partial charge on any atom is 0.295 e. The third-order valence-corrected chi connectivity index (χ3v) is 4.07. The van der Waals surface area contributed by atoms with E-state index in [0.29, 0.717) is 30.3 Å². The standard InChI is InChI=1S/C14H20FN3O2/c1-9-5-13(14(18(19)20)6-12(9)15)17-8-11(7-16)4-3-10(17)2/h5-6,10-11H,3-4,7-8,16H2,1-2H3. The van der Waals surface area contributed by atoms with E-state index in [9.17, 15) is 14.5 Å². The second kappa shape index (κ2) is 5.75. The van der Waals surface area contributed by atoms with Crippen molar-refractivity contribution in [1.29, 1.82) is 0 Å². The summed E-state index contributed by atoms with van der Waals surface area (Å²) in [5.74, 6) is -0.211. The summed E-state index contributed by atoms with van der Waals surface area (Å²) >= 11 is 0. The number of nitro benzene ring substituents is 1. The molecule has 2 atom stereocenters. The fourth-order valence-corrected chi connectivity index (χ4v) is 2.74. The van der Waals surface area contributed by atoms with Crippen molar-refractivity contribution in [2.75, 3.05) is 18.0 Å². The molecule has 2 rings (SSSR count). The summed E-state index contributed by atoms with van der Waals surface area (Å²) in [7, 11) is 0. The monoisotopic (exact) mass is 281 g/mol. The normalized spacial score (nSPS) is 22.9. The average molecular weight is 281 g/mol. The molecule has 0 spiro atoms. The van der Waals surface area contributed by atoms with Crippen molar-refractivity contribution in [3.63, 3.8) is 0 Å². The fourth-order valence-electron chi connectivity index (χ4n) is 2.74. The van der Waals surface area contributed by atoms with E-state index in [1.807, 2.05) is 11.8 Å². The number of hydrogen-bond acceptors (Lipinski definition) is 4. The van der Waals surface area contributed by atoms with Gasteiger partial charge in [-0.1, -0.05) is 0 Å². The van der Waals surface area contributed by atoms with Crippen LogP contribution in [-0.2, 0) is 0 Å². The van der Waals surface area contributed by atoms with Crippen LogP contribution in [0.1, 0.15) is 25.3 Å². The number of nitrogens with zero attached hydrogens (tertiary/aromatic N) is 2. The Morgan fingerprint density at radius 3 is 2.80 bits per heavy atom. The molecule has 0 bridgehead atoms. The minimum absolute atomic E-state index is 0.169. The van der Waals surface area contributed by atoms with E-state index < -0.39 is 10.7 Å². The van der Waals surface area contributed by atoms with Crippen LogP contribution in [0, 0.1) is 28.8 Å². The maximum atomic E-state index is 13.6. The average Bonchev–Trinajstić information content (AvgIpc) is 2.42. The van der Waals surface area contributed by atoms with Gasteiger partial charge in [0.15, 0.2) is 0 Å². The van der Waals surface area contributed by atoms with Crippen LogP contribution in [0.25, 0.3) is 0 Å². The molecule has 20 heavy (non-hydrogen) atoms. The Morgan fingerprint density at radius 2 is 2.20 bits per heavy atom. The molecule has 0 aliphatic carbocycles. The first-order valence-electron chi connectivity index (χ1n) is 6.85. The number of piperidine rings is 1. The van der Waals surface area contributed by atoms with Crippen LogP contribution in [0.5, 0.6) is 0 Å². The molecule has 1 aromatic carbocycles. The van der Waals surface area contributed by atoms with Gasteiger partial charge in [0, 0.05) is 12.6 Å². The zero-order chi connectivity index (χ0) is 14.9. The molecule has 1 aliphatic heterocycles. The zero-order valence-corrected chi connectivity index (χ0v) is 11.8. The minimum atomic E-state index is -0.541. The van der Waals surface area contributed by atoms with Crippen LogP contribution in [-0.4, -0.2) is 24.1 Å². The predicted octanol–water partition coefficient (Wildman–Crippen LogP) is 2.61. The second-order valence-electron chi connectivity index (χ2n) is 5.53. The maximum absolute atomic E-state index is 13.6. The first-order chi connectivity index (χ1) is 9.43. The fraction of sp³-hybridized carbons (Fsp3) is 0.571. The summed E-state index contributed by atoms with van der Waals surface area (Å²) in [5.41, 5.74) is 6.47. The smallest absolute Gasteiger partial charge is 0.295 e. The van der Waals surface area contributed by atoms with E-state index in [4.69, 9.17) is 5.73 Å². The van der Waals surface area contributed by atoms with Gasteiger partial charge in [0.1, 0.15) is 11.5 Å². The summed E-state index contributed by atoms with van der Waals surface area (Å²) in [4.78, 5) is 12.6. The number of benzene rings is 1. The molecule has 0 amide bonds. The predicted molar refractivity (Wildman–Crippen MR) is 76.4 cm³/mol. The number of rotatable bonds is 3. The summed E-state index contributed by atoms with van der Waals surface area (Å²) in [6, 6.07) is 2.79. The van der Waals surface area contributed by atoms with E-state index in [2.05, 4.69) is 0 Å². The van der Waals surface area contributed by atoms with Gasteiger partial charge in [-0.05, 0) is 50.8 Å². The minimum Gasteiger partial charge on any atom is -0.363 e. The van der Waals surface area contributed by atoms with Crippen molar-refractivity contribution in [1.82, 2.24) is 0 Å². The molecule has 6 heteroatoms. The topological polar surface area (TPSA) is 72.4 Å². The van der Waals surface area contributed by atoms with Gasteiger partial charge < -0.3 is 10.6 Å². The van der Waals surface area contributed by atoms with Gasteiger partial charge in [-0.25, -0.2) is 4.39 Å². The number of aryl methyl sites for hydroxylation is 1. The highest BCUT2D eigenvalue weighted by molar-refractivity contribution is 5.65. The Kier molecular flexibility index (Phi) is 4.23. The van der Waals surface area contributed by atoms with Crippen molar-refractivity contribution < 1.29 is 9.31 Å². The quantitative estimate of drug-likeness (QED) is 0.682. The molecular weight excluding hydrogens is 261 g/mol. The third-order valence-electron chi connectivity index (χ3n) is 4.07. The van der Waals surface area contributed by atoms with Gasteiger partial charge in [-0.15, -0.1) is 0 Å². The molecule has 0 aromatic heterocycles. The van der Waals surface area contributed by atoms with Crippen LogP contribution in [0.2, 0.25) is 0 Å². The van der Waals surface area contributed by atoms with Crippen molar-refractivity contribution in [3.8, 4) is 0 Å². The number of halogens is 1. The van der Waals surface area contributed by atoms with Gasteiger partial charge in [-0.3, -0.25) is 10.1 Å². The van der Waals surface area contributed by atoms with E-state index in [1.165, 1.54) is 0 Å². The molecule has 1 heterocycles. The van der Waals surface area contributed by atoms with Crippen LogP contribution in [0.3, 0.4) is 0 Å². The highest BCUT2D eigenvalue weighted by atomic mass is 19.1. The summed E-state index contributed by atoms with van der Waals surface area (Å²) in [6.07, 6.45) is 1.97. The zero-order valence-electron chi connectivity index (χ0n) is 11.8. The van der Waals surface area contributed by atoms with Crippen LogP contribution in [0.4, 0.5) is 15.8 Å². The Morgan fingerprint density at radius 1 is 1.50 bits per heavy atom. The van der Waals surface area contributed by atoms with Gasteiger partial charge in [0.2, 0.25) is 0 Å². The highest BCUT2D eigenvalue weighted by Crippen LogP contribution is 2.35. The molecule has 1 saturated heterocycles. The third kappa shape index (κ3) is 2.75. The lowest BCUT2D eigenvalue weighted by Gasteiger charge is -2.39. The Balaban J connectivity index is 2.44. The number of nitrogens with two attached hydrogens (primary N) is 1. The number of nitro groups is 1. The SMILES string of the molecule is Cc1cc(N2CC(CN)CCC2C)c([N+](=O)[O-])cc1F. The molecule has 0 radical (unpaired) electrons. The lowest BCUT2D eigenvalue weighted by Crippen LogP contribution is -2.44. The Bertz CT molecular complexity index is 521. The highest BCUT2D eigenvalue weighted by Gasteiger charge is 2.30. The van der Waals surface area contributed by atoms with Crippen LogP contribution < -0.4 is 10.6 Å². The lowest BCUT2D eigenvalue weighted by molar-refractivity contribution is -0.384. The molecule has 110 valence electrons. The van der Waals surface area contributed by atoms with Crippen LogP contribution >= 0.6 is 0 Å². The molecular formula is C14H20FN3O2. The Labute approximate surface area is 117 Å². The largest absolute Gasteiger partial charge is 0.363 e. The van der Waals surface area contributed by atoms with Gasteiger partial charge in [-0.2, -0.15) is 0 Å². The van der Waals surface area contributed by atoms with E-state index >= 15 is 0 Å². The number of anilines is 1. The van der Waals surface area contributed by atoms with Gasteiger partial charge in [0.25, 0.3) is 5.69 Å². The summed E-state index contributed by atoms with van der Waals surface area (Å²) < 4.78 is 13.6. The second-order valence-corrected chi connectivity index (χ2v) is 5.53. The number of hydrogen-bond donors (Lipinski definition) is 1. The van der Waals surface area contributed by atoms with E-state index in [0.717, 1.165) is 18.9 Å². The molecule has 5 nitrogen and oxygen atoms in total. The van der Waals surface area contributed by atoms with E-state index in [1.54, 1.807) is 13.0 Å². The summed E-state index contributed by atoms with van der Waals surface area (Å²) in [6.45, 7) is 4.91. The molecule has 0 saturated carbocycles. The van der Waals surface area contributed by atoms with Crippen LogP contribution in [0.15, 0.2) is 12.1 Å². The first kappa shape index (κ1) is 14.7. The van der Waals surface area contributed by atoms with E-state index in [-0.39, 0.29) is 11.7 Å². The lowest BCUT2D eigenvalue weighted by atomic mass is 9.92. The first-order valence-corrected chi connectivity index (χ1v) is 6.85.